The maximum atomic E-state index is 6.08. The number of rotatable bonds is 3. The molecule has 3 rings (SSSR count). The lowest BCUT2D eigenvalue weighted by molar-refractivity contribution is 0.121. The second kappa shape index (κ2) is 5.75. The Hall–Kier alpha value is -0.840. The molecule has 1 aliphatic heterocycles. The van der Waals surface area contributed by atoms with Gasteiger partial charge in [0, 0.05) is 12.7 Å². The summed E-state index contributed by atoms with van der Waals surface area (Å²) in [5, 5.41) is 0.610. The van der Waals surface area contributed by atoms with E-state index < -0.39 is 0 Å². The zero-order chi connectivity index (χ0) is 15.0. The molecule has 0 radical (unpaired) electrons. The Morgan fingerprint density at radius 3 is 2.71 bits per heavy atom. The number of hydrogen-bond acceptors (Lipinski definition) is 3. The minimum atomic E-state index is 0.266. The lowest BCUT2D eigenvalue weighted by Gasteiger charge is -2.38. The topological polar surface area (TPSA) is 34.0 Å². The van der Waals surface area contributed by atoms with Crippen molar-refractivity contribution in [2.75, 3.05) is 20.1 Å². The number of alkyl halides is 1. The number of fused-ring (bicyclic) bond motifs is 1. The summed E-state index contributed by atoms with van der Waals surface area (Å²) in [4.78, 5) is 11.4. The molecule has 0 saturated carbocycles. The van der Waals surface area contributed by atoms with E-state index >= 15 is 0 Å². The molecular weight excluding hydrogens is 307 g/mol. The molecule has 1 saturated heterocycles. The van der Waals surface area contributed by atoms with Crippen molar-refractivity contribution in [2.45, 2.75) is 32.2 Å². The maximum absolute atomic E-state index is 6.08. The van der Waals surface area contributed by atoms with Crippen molar-refractivity contribution in [1.29, 1.82) is 0 Å². The van der Waals surface area contributed by atoms with Gasteiger partial charge in [-0.2, -0.15) is 0 Å². The van der Waals surface area contributed by atoms with Gasteiger partial charge < -0.3 is 9.47 Å². The first-order valence-electron chi connectivity index (χ1n) is 7.26. The normalized spacial score (nSPS) is 19.2. The third kappa shape index (κ3) is 3.03. The van der Waals surface area contributed by atoms with E-state index in [1.54, 1.807) is 6.20 Å². The molecule has 0 amide bonds. The Morgan fingerprint density at radius 1 is 1.33 bits per heavy atom. The molecule has 1 fully saturated rings. The highest BCUT2D eigenvalue weighted by Gasteiger charge is 2.30. The van der Waals surface area contributed by atoms with Crippen LogP contribution in [0.2, 0.25) is 5.02 Å². The first kappa shape index (κ1) is 15.1. The summed E-state index contributed by atoms with van der Waals surface area (Å²) in [6, 6.07) is 1.85. The third-order valence-corrected chi connectivity index (χ3v) is 4.93. The van der Waals surface area contributed by atoms with Crippen LogP contribution in [0.5, 0.6) is 0 Å². The molecule has 1 aliphatic rings. The van der Waals surface area contributed by atoms with Crippen LogP contribution >= 0.6 is 23.2 Å². The summed E-state index contributed by atoms with van der Waals surface area (Å²) < 4.78 is 2.17. The zero-order valence-corrected chi connectivity index (χ0v) is 14.0. The first-order chi connectivity index (χ1) is 10.0. The number of hydrogen-bond donors (Lipinski definition) is 0. The van der Waals surface area contributed by atoms with E-state index in [0.29, 0.717) is 10.9 Å². The van der Waals surface area contributed by atoms with Gasteiger partial charge in [-0.25, -0.2) is 9.97 Å². The molecule has 0 aromatic carbocycles. The van der Waals surface area contributed by atoms with Gasteiger partial charge in [0.2, 0.25) is 0 Å². The van der Waals surface area contributed by atoms with Crippen LogP contribution in [0, 0.1) is 5.41 Å². The molecule has 0 atom stereocenters. The summed E-state index contributed by atoms with van der Waals surface area (Å²) >= 11 is 12.1. The number of nitrogens with zero attached hydrogens (tertiary/aromatic N) is 4. The monoisotopic (exact) mass is 326 g/mol. The molecule has 114 valence electrons. The summed E-state index contributed by atoms with van der Waals surface area (Å²) in [6.07, 6.45) is 4.04. The van der Waals surface area contributed by atoms with Crippen molar-refractivity contribution >= 4 is 34.4 Å². The van der Waals surface area contributed by atoms with Crippen molar-refractivity contribution in [3.8, 4) is 0 Å². The molecule has 0 spiro atoms. The lowest BCUT2D eigenvalue weighted by Crippen LogP contribution is -2.38. The Kier molecular flexibility index (Phi) is 4.12. The Bertz CT molecular complexity index is 644. The Morgan fingerprint density at radius 2 is 2.05 bits per heavy atom. The minimum absolute atomic E-state index is 0.266. The number of imidazole rings is 1. The molecular formula is C15H20Cl2N4. The standard InChI is InChI=1S/C15H20Cl2N4/c1-15(3-5-20(2)6-4-15)10-21-13(8-16)19-12-7-11(17)9-18-14(12)21/h7,9H,3-6,8,10H2,1-2H3. The van der Waals surface area contributed by atoms with E-state index in [4.69, 9.17) is 23.2 Å². The number of aromatic nitrogens is 3. The summed E-state index contributed by atoms with van der Waals surface area (Å²) in [5.74, 6) is 1.27. The Labute approximate surface area is 135 Å². The second-order valence-corrected chi connectivity index (χ2v) is 7.06. The van der Waals surface area contributed by atoms with Crippen LogP contribution in [-0.4, -0.2) is 39.6 Å². The van der Waals surface area contributed by atoms with Crippen LogP contribution in [0.1, 0.15) is 25.6 Å². The van der Waals surface area contributed by atoms with Gasteiger partial charge in [0.25, 0.3) is 0 Å². The predicted octanol–water partition coefficient (Wildman–Crippen LogP) is 3.56. The van der Waals surface area contributed by atoms with Gasteiger partial charge in [0.15, 0.2) is 5.65 Å². The molecule has 2 aromatic rings. The molecule has 3 heterocycles. The molecule has 4 nitrogen and oxygen atoms in total. The molecule has 0 aliphatic carbocycles. The van der Waals surface area contributed by atoms with E-state index in [0.717, 1.165) is 36.6 Å². The lowest BCUT2D eigenvalue weighted by atomic mass is 9.80. The first-order valence-corrected chi connectivity index (χ1v) is 8.17. The van der Waals surface area contributed by atoms with Gasteiger partial charge in [-0.15, -0.1) is 11.6 Å². The SMILES string of the molecule is CN1CCC(C)(Cn2c(CCl)nc3cc(Cl)cnc32)CC1. The fraction of sp³-hybridized carbons (Fsp3) is 0.600. The maximum Gasteiger partial charge on any atom is 0.160 e. The van der Waals surface area contributed by atoms with Gasteiger partial charge in [-0.3, -0.25) is 0 Å². The highest BCUT2D eigenvalue weighted by molar-refractivity contribution is 6.31. The predicted molar refractivity (Wildman–Crippen MR) is 86.9 cm³/mol. The Balaban J connectivity index is 1.96. The molecule has 0 unspecified atom stereocenters. The van der Waals surface area contributed by atoms with Crippen LogP contribution in [0.25, 0.3) is 11.2 Å². The summed E-state index contributed by atoms with van der Waals surface area (Å²) in [7, 11) is 2.18. The minimum Gasteiger partial charge on any atom is -0.311 e. The third-order valence-electron chi connectivity index (χ3n) is 4.48. The smallest absolute Gasteiger partial charge is 0.160 e. The fourth-order valence-electron chi connectivity index (χ4n) is 3.00. The van der Waals surface area contributed by atoms with Gasteiger partial charge in [-0.05, 0) is 44.5 Å². The number of pyridine rings is 1. The van der Waals surface area contributed by atoms with E-state index in [1.807, 2.05) is 6.07 Å². The molecule has 0 N–H and O–H groups in total. The van der Waals surface area contributed by atoms with Gasteiger partial charge in [0.1, 0.15) is 11.3 Å². The van der Waals surface area contributed by atoms with E-state index in [-0.39, 0.29) is 5.41 Å². The number of likely N-dealkylation sites (tertiary alicyclic amines) is 1. The van der Waals surface area contributed by atoms with Crippen molar-refractivity contribution < 1.29 is 0 Å². The van der Waals surface area contributed by atoms with Crippen molar-refractivity contribution in [3.63, 3.8) is 0 Å². The van der Waals surface area contributed by atoms with E-state index in [2.05, 4.69) is 33.4 Å². The van der Waals surface area contributed by atoms with Gasteiger partial charge in [0.05, 0.1) is 10.9 Å². The summed E-state index contributed by atoms with van der Waals surface area (Å²) in [5.41, 5.74) is 1.98. The van der Waals surface area contributed by atoms with Crippen LogP contribution in [0.3, 0.4) is 0 Å². The zero-order valence-electron chi connectivity index (χ0n) is 12.4. The van der Waals surface area contributed by atoms with Gasteiger partial charge in [-0.1, -0.05) is 18.5 Å². The highest BCUT2D eigenvalue weighted by atomic mass is 35.5. The molecule has 6 heteroatoms. The number of halogens is 2. The van der Waals surface area contributed by atoms with Gasteiger partial charge >= 0.3 is 0 Å². The van der Waals surface area contributed by atoms with Crippen molar-refractivity contribution in [2.24, 2.45) is 5.41 Å². The number of piperidine rings is 1. The summed E-state index contributed by atoms with van der Waals surface area (Å²) in [6.45, 7) is 5.53. The largest absolute Gasteiger partial charge is 0.311 e. The molecule has 2 aromatic heterocycles. The van der Waals surface area contributed by atoms with E-state index in [9.17, 15) is 0 Å². The average Bonchev–Trinajstić information content (AvgIpc) is 2.79. The van der Waals surface area contributed by atoms with Crippen LogP contribution < -0.4 is 0 Å². The molecule has 21 heavy (non-hydrogen) atoms. The van der Waals surface area contributed by atoms with Crippen molar-refractivity contribution in [3.05, 3.63) is 23.1 Å². The molecule has 0 bridgehead atoms. The average molecular weight is 327 g/mol. The second-order valence-electron chi connectivity index (χ2n) is 6.36. The fourth-order valence-corrected chi connectivity index (χ4v) is 3.36. The van der Waals surface area contributed by atoms with Crippen molar-refractivity contribution in [1.82, 2.24) is 19.4 Å². The van der Waals surface area contributed by atoms with E-state index in [1.165, 1.54) is 12.8 Å². The van der Waals surface area contributed by atoms with Crippen LogP contribution in [0.4, 0.5) is 0 Å². The van der Waals surface area contributed by atoms with Crippen LogP contribution in [0.15, 0.2) is 12.3 Å². The quantitative estimate of drug-likeness (QED) is 0.809. The van der Waals surface area contributed by atoms with Crippen LogP contribution in [-0.2, 0) is 12.4 Å². The highest BCUT2D eigenvalue weighted by Crippen LogP contribution is 2.34.